The molecule has 8 atom stereocenters. The van der Waals surface area contributed by atoms with Crippen molar-refractivity contribution in [2.75, 3.05) is 0 Å². The highest BCUT2D eigenvalue weighted by Crippen LogP contribution is 2.67. The van der Waals surface area contributed by atoms with E-state index in [1.54, 1.807) is 0 Å². The maximum absolute atomic E-state index is 11.2. The van der Waals surface area contributed by atoms with Crippen LogP contribution in [0.3, 0.4) is 0 Å². The Balaban J connectivity index is 1.47. The van der Waals surface area contributed by atoms with Crippen molar-refractivity contribution in [1.29, 1.82) is 0 Å². The monoisotopic (exact) mass is 466 g/mol. The fraction of sp³-hybridized carbons (Fsp3) is 0.926. The van der Waals surface area contributed by atoms with Crippen LogP contribution in [-0.4, -0.2) is 19.1 Å². The number of rotatable bonds is 7. The Kier molecular flexibility index (Phi) is 6.95. The number of fused-ring (bicyclic) bond motifs is 5. The molecule has 0 unspecified atom stereocenters. The van der Waals surface area contributed by atoms with Crippen LogP contribution >= 0.6 is 0 Å². The standard InChI is InChI=1S/C27H46O4S/c1-18(2)7-6-8-19(3)23-11-12-24-22-10-9-20-17-21(31-32(28,29)30)13-15-26(20,4)25(22)14-16-27(23,24)5/h9,18-19,21-25H,6-8,10-17H2,1-5H3,(H,28,29,30)/t19-,21+,22+,23-,24-,25-,26+,27-/m1/s1. The Bertz CT molecular complexity index is 818. The average molecular weight is 467 g/mol. The Morgan fingerprint density at radius 3 is 2.50 bits per heavy atom. The lowest BCUT2D eigenvalue weighted by molar-refractivity contribution is -0.0560. The van der Waals surface area contributed by atoms with Crippen molar-refractivity contribution in [1.82, 2.24) is 0 Å². The van der Waals surface area contributed by atoms with Gasteiger partial charge in [-0.05, 0) is 97.7 Å². The third-order valence-corrected chi connectivity index (χ3v) is 11.0. The van der Waals surface area contributed by atoms with Crippen LogP contribution in [0, 0.1) is 46.3 Å². The third-order valence-electron chi connectivity index (χ3n) is 10.5. The molecule has 0 radical (unpaired) electrons. The molecule has 5 heteroatoms. The van der Waals surface area contributed by atoms with Crippen LogP contribution in [-0.2, 0) is 14.6 Å². The Hall–Kier alpha value is -0.390. The highest BCUT2D eigenvalue weighted by Gasteiger charge is 2.59. The molecule has 4 nitrogen and oxygen atoms in total. The quantitative estimate of drug-likeness (QED) is 0.318. The van der Waals surface area contributed by atoms with E-state index in [2.05, 4.69) is 40.7 Å². The van der Waals surface area contributed by atoms with Gasteiger partial charge in [0.05, 0.1) is 6.10 Å². The Morgan fingerprint density at radius 1 is 1.06 bits per heavy atom. The zero-order valence-corrected chi connectivity index (χ0v) is 21.8. The Labute approximate surface area is 196 Å². The molecule has 1 N–H and O–H groups in total. The molecule has 0 amide bonds. The summed E-state index contributed by atoms with van der Waals surface area (Å²) in [6.45, 7) is 12.3. The van der Waals surface area contributed by atoms with Crippen LogP contribution < -0.4 is 0 Å². The lowest BCUT2D eigenvalue weighted by atomic mass is 9.47. The fourth-order valence-corrected chi connectivity index (χ4v) is 9.41. The van der Waals surface area contributed by atoms with Crippen molar-refractivity contribution in [2.45, 2.75) is 111 Å². The molecule has 184 valence electrons. The van der Waals surface area contributed by atoms with E-state index in [-0.39, 0.29) is 5.41 Å². The van der Waals surface area contributed by atoms with E-state index < -0.39 is 16.5 Å². The average Bonchev–Trinajstić information content (AvgIpc) is 3.04. The molecule has 0 aromatic rings. The van der Waals surface area contributed by atoms with Crippen LogP contribution in [0.2, 0.25) is 0 Å². The molecule has 0 aliphatic heterocycles. The number of allylic oxidation sites excluding steroid dienone is 1. The minimum atomic E-state index is -4.38. The summed E-state index contributed by atoms with van der Waals surface area (Å²) >= 11 is 0. The first-order chi connectivity index (χ1) is 14.9. The maximum atomic E-state index is 11.2. The second-order valence-electron chi connectivity index (χ2n) is 12.7. The molecule has 4 aliphatic rings. The van der Waals surface area contributed by atoms with E-state index >= 15 is 0 Å². The smallest absolute Gasteiger partial charge is 0.264 e. The summed E-state index contributed by atoms with van der Waals surface area (Å²) in [5.41, 5.74) is 2.05. The summed E-state index contributed by atoms with van der Waals surface area (Å²) in [7, 11) is -4.38. The lowest BCUT2D eigenvalue weighted by Crippen LogP contribution is -2.51. The molecule has 4 aliphatic carbocycles. The minimum absolute atomic E-state index is 0.171. The highest BCUT2D eigenvalue weighted by molar-refractivity contribution is 7.80. The molecule has 0 saturated heterocycles. The molecular weight excluding hydrogens is 420 g/mol. The highest BCUT2D eigenvalue weighted by atomic mass is 32.3. The van der Waals surface area contributed by atoms with Crippen LogP contribution in [0.25, 0.3) is 0 Å². The second kappa shape index (κ2) is 9.00. The summed E-state index contributed by atoms with van der Waals surface area (Å²) in [5, 5.41) is 0. The van der Waals surface area contributed by atoms with Crippen molar-refractivity contribution in [3.8, 4) is 0 Å². The normalized spacial score (nSPS) is 42.7. The van der Waals surface area contributed by atoms with Gasteiger partial charge in [0, 0.05) is 0 Å². The van der Waals surface area contributed by atoms with Crippen LogP contribution in [0.4, 0.5) is 0 Å². The summed E-state index contributed by atoms with van der Waals surface area (Å²) < 4.78 is 36.6. The second-order valence-corrected chi connectivity index (χ2v) is 13.7. The zero-order chi connectivity index (χ0) is 23.3. The Morgan fingerprint density at radius 2 is 1.81 bits per heavy atom. The first-order valence-corrected chi connectivity index (χ1v) is 14.7. The molecule has 0 spiro atoms. The topological polar surface area (TPSA) is 63.6 Å². The lowest BCUT2D eigenvalue weighted by Gasteiger charge is -2.58. The van der Waals surface area contributed by atoms with Crippen molar-refractivity contribution < 1.29 is 17.2 Å². The van der Waals surface area contributed by atoms with E-state index in [0.29, 0.717) is 24.2 Å². The predicted octanol–water partition coefficient (Wildman–Crippen LogP) is 7.22. The first kappa shape index (κ1) is 24.7. The number of hydrogen-bond donors (Lipinski definition) is 1. The zero-order valence-electron chi connectivity index (χ0n) is 21.0. The van der Waals surface area contributed by atoms with E-state index in [1.165, 1.54) is 50.5 Å². The molecule has 3 fully saturated rings. The molecule has 3 saturated carbocycles. The fourth-order valence-electron chi connectivity index (χ4n) is 8.91. The van der Waals surface area contributed by atoms with Gasteiger partial charge in [-0.25, -0.2) is 4.18 Å². The van der Waals surface area contributed by atoms with Gasteiger partial charge in [0.1, 0.15) is 0 Å². The van der Waals surface area contributed by atoms with Gasteiger partial charge in [-0.15, -0.1) is 0 Å². The van der Waals surface area contributed by atoms with Gasteiger partial charge < -0.3 is 0 Å². The molecule has 4 rings (SSSR count). The number of hydrogen-bond acceptors (Lipinski definition) is 3. The van der Waals surface area contributed by atoms with Gasteiger partial charge in [0.15, 0.2) is 0 Å². The SMILES string of the molecule is CC(C)CCC[C@@H](C)[C@H]1CC[C@@H]2[C@@H]3CC=C4C[C@@H](OS(=O)(=O)O)CC[C@]4(C)[C@@H]3CC[C@@]21C. The molecule has 0 bridgehead atoms. The van der Waals surface area contributed by atoms with E-state index in [0.717, 1.165) is 42.4 Å². The largest absolute Gasteiger partial charge is 0.397 e. The van der Waals surface area contributed by atoms with Gasteiger partial charge in [-0.1, -0.05) is 65.5 Å². The summed E-state index contributed by atoms with van der Waals surface area (Å²) in [5.74, 6) is 4.83. The minimum Gasteiger partial charge on any atom is -0.264 e. The third kappa shape index (κ3) is 4.60. The van der Waals surface area contributed by atoms with Crippen LogP contribution in [0.1, 0.15) is 105 Å². The summed E-state index contributed by atoms with van der Waals surface area (Å²) in [6, 6.07) is 0. The van der Waals surface area contributed by atoms with Gasteiger partial charge in [-0.2, -0.15) is 8.42 Å². The van der Waals surface area contributed by atoms with E-state index in [4.69, 9.17) is 8.74 Å². The van der Waals surface area contributed by atoms with Crippen molar-refractivity contribution in [3.05, 3.63) is 11.6 Å². The van der Waals surface area contributed by atoms with Crippen molar-refractivity contribution in [3.63, 3.8) is 0 Å². The van der Waals surface area contributed by atoms with E-state index in [1.807, 2.05) is 0 Å². The molecule has 0 heterocycles. The van der Waals surface area contributed by atoms with Crippen molar-refractivity contribution in [2.24, 2.45) is 46.3 Å². The van der Waals surface area contributed by atoms with Crippen molar-refractivity contribution >= 4 is 10.4 Å². The van der Waals surface area contributed by atoms with Crippen LogP contribution in [0.15, 0.2) is 11.6 Å². The van der Waals surface area contributed by atoms with Gasteiger partial charge in [0.2, 0.25) is 0 Å². The molecule has 32 heavy (non-hydrogen) atoms. The molecule has 0 aromatic carbocycles. The van der Waals surface area contributed by atoms with E-state index in [9.17, 15) is 8.42 Å². The molecule has 0 aromatic heterocycles. The van der Waals surface area contributed by atoms with Gasteiger partial charge in [-0.3, -0.25) is 4.55 Å². The van der Waals surface area contributed by atoms with Crippen LogP contribution in [0.5, 0.6) is 0 Å². The van der Waals surface area contributed by atoms with Gasteiger partial charge >= 0.3 is 10.4 Å². The predicted molar refractivity (Wildman–Crippen MR) is 129 cm³/mol. The maximum Gasteiger partial charge on any atom is 0.397 e. The van der Waals surface area contributed by atoms with Gasteiger partial charge in [0.25, 0.3) is 0 Å². The first-order valence-electron chi connectivity index (χ1n) is 13.3. The summed E-state index contributed by atoms with van der Waals surface area (Å²) in [6.07, 6.45) is 15.1. The molecular formula is C27H46O4S. The summed E-state index contributed by atoms with van der Waals surface area (Å²) in [4.78, 5) is 0.